The predicted molar refractivity (Wildman–Crippen MR) is 148 cm³/mol. The lowest BCUT2D eigenvalue weighted by Crippen LogP contribution is -2.49. The minimum Gasteiger partial charge on any atom is -0.464 e. The maximum absolute atomic E-state index is 13.5. The van der Waals surface area contributed by atoms with E-state index in [4.69, 9.17) is 16.3 Å². The predicted octanol–water partition coefficient (Wildman–Crippen LogP) is 1.40. The number of rotatable bonds is 11. The van der Waals surface area contributed by atoms with Gasteiger partial charge in [-0.15, -0.1) is 11.3 Å². The molecule has 4 rings (SSSR count). The third kappa shape index (κ3) is 6.70. The Morgan fingerprint density at radius 1 is 1.30 bits per heavy atom. The zero-order chi connectivity index (χ0) is 29.0. The highest BCUT2D eigenvalue weighted by Crippen LogP contribution is 2.30. The van der Waals surface area contributed by atoms with Gasteiger partial charge in [-0.2, -0.15) is 4.72 Å². The number of ether oxygens (including phenoxy) is 1. The standard InChI is InChI=1S/C25H28ClN5O7S2/c1-15-17(31-11-8-18(32)24(31)34)4-3-5-20(15)40(36,37)29-16(14-28-23(33)19-6-7-21(26)39-19)25(35)38-13-9-22-27-10-12-30(22)2/h3-7,10,12,16,18,29,32H,8-9,11,13-14H2,1-2H3,(H,28,33)/t16-,18-/m0/s1. The molecule has 0 spiro atoms. The minimum atomic E-state index is -4.34. The second-order valence-electron chi connectivity index (χ2n) is 9.05. The summed E-state index contributed by atoms with van der Waals surface area (Å²) in [4.78, 5) is 43.6. The molecule has 0 bridgehead atoms. The first-order valence-corrected chi connectivity index (χ1v) is 14.9. The number of esters is 1. The summed E-state index contributed by atoms with van der Waals surface area (Å²) < 4.78 is 36.8. The van der Waals surface area contributed by atoms with E-state index in [1.807, 2.05) is 0 Å². The lowest BCUT2D eigenvalue weighted by atomic mass is 10.2. The number of hydrogen-bond acceptors (Lipinski definition) is 9. The van der Waals surface area contributed by atoms with E-state index in [2.05, 4.69) is 15.0 Å². The van der Waals surface area contributed by atoms with Crippen molar-refractivity contribution in [2.24, 2.45) is 7.05 Å². The molecule has 0 saturated carbocycles. The number of aliphatic hydroxyl groups excluding tert-OH is 1. The van der Waals surface area contributed by atoms with Gasteiger partial charge in [0.25, 0.3) is 11.8 Å². The van der Waals surface area contributed by atoms with Crippen LogP contribution >= 0.6 is 22.9 Å². The van der Waals surface area contributed by atoms with Crippen LogP contribution in [0.25, 0.3) is 0 Å². The normalized spacial score (nSPS) is 16.2. The molecule has 1 aromatic carbocycles. The van der Waals surface area contributed by atoms with E-state index in [1.165, 1.54) is 30.0 Å². The van der Waals surface area contributed by atoms with Crippen LogP contribution in [0.5, 0.6) is 0 Å². The SMILES string of the molecule is Cc1c(N2CC[C@H](O)C2=O)cccc1S(=O)(=O)N[C@@H](CNC(=O)c1ccc(Cl)s1)C(=O)OCCc1nccn1C. The topological polar surface area (TPSA) is 160 Å². The molecule has 1 fully saturated rings. The molecule has 3 heterocycles. The number of hydrogen-bond donors (Lipinski definition) is 3. The van der Waals surface area contributed by atoms with Crippen LogP contribution in [0, 0.1) is 6.92 Å². The highest BCUT2D eigenvalue weighted by Gasteiger charge is 2.34. The molecule has 1 aliphatic heterocycles. The molecule has 0 unspecified atom stereocenters. The van der Waals surface area contributed by atoms with E-state index in [0.717, 1.165) is 11.3 Å². The lowest BCUT2D eigenvalue weighted by molar-refractivity contribution is -0.145. The summed E-state index contributed by atoms with van der Waals surface area (Å²) >= 11 is 6.94. The third-order valence-electron chi connectivity index (χ3n) is 6.35. The molecule has 0 radical (unpaired) electrons. The number of sulfonamides is 1. The number of thiophene rings is 1. The molecular formula is C25H28ClN5O7S2. The third-order valence-corrected chi connectivity index (χ3v) is 9.20. The molecule has 1 aliphatic rings. The smallest absolute Gasteiger partial charge is 0.326 e. The minimum absolute atomic E-state index is 0.0652. The number of benzene rings is 1. The molecule has 15 heteroatoms. The first-order chi connectivity index (χ1) is 19.0. The number of aliphatic hydroxyl groups is 1. The van der Waals surface area contributed by atoms with Crippen LogP contribution in [0.1, 0.15) is 27.5 Å². The van der Waals surface area contributed by atoms with E-state index in [1.54, 1.807) is 36.1 Å². The van der Waals surface area contributed by atoms with Crippen LogP contribution in [-0.2, 0) is 37.8 Å². The van der Waals surface area contributed by atoms with Crippen molar-refractivity contribution < 1.29 is 32.6 Å². The number of nitrogens with one attached hydrogen (secondary N) is 2. The molecule has 214 valence electrons. The molecule has 2 atom stereocenters. The Hall–Kier alpha value is -3.30. The lowest BCUT2D eigenvalue weighted by Gasteiger charge is -2.22. The molecule has 1 saturated heterocycles. The Bertz CT molecular complexity index is 1520. The largest absolute Gasteiger partial charge is 0.464 e. The van der Waals surface area contributed by atoms with Gasteiger partial charge in [-0.25, -0.2) is 13.4 Å². The summed E-state index contributed by atoms with van der Waals surface area (Å²) in [6.07, 6.45) is 2.73. The number of aromatic nitrogens is 2. The number of carbonyl (C=O) groups excluding carboxylic acids is 3. The van der Waals surface area contributed by atoms with Crippen molar-refractivity contribution in [2.45, 2.75) is 36.8 Å². The number of imidazole rings is 1. The van der Waals surface area contributed by atoms with Gasteiger partial charge in [-0.05, 0) is 36.8 Å². The van der Waals surface area contributed by atoms with Crippen LogP contribution in [0.15, 0.2) is 47.6 Å². The molecule has 2 amide bonds. The van der Waals surface area contributed by atoms with Gasteiger partial charge in [-0.3, -0.25) is 14.4 Å². The molecule has 0 aliphatic carbocycles. The first-order valence-electron chi connectivity index (χ1n) is 12.3. The summed E-state index contributed by atoms with van der Waals surface area (Å²) in [7, 11) is -2.55. The van der Waals surface area contributed by atoms with Crippen molar-refractivity contribution in [2.75, 3.05) is 24.6 Å². The van der Waals surface area contributed by atoms with Crippen molar-refractivity contribution in [3.8, 4) is 0 Å². The molecular weight excluding hydrogens is 582 g/mol. The van der Waals surface area contributed by atoms with Gasteiger partial charge in [0, 0.05) is 51.1 Å². The second kappa shape index (κ2) is 12.5. The van der Waals surface area contributed by atoms with Crippen LogP contribution in [-0.4, -0.2) is 72.7 Å². The number of aryl methyl sites for hydroxylation is 1. The molecule has 40 heavy (non-hydrogen) atoms. The highest BCUT2D eigenvalue weighted by atomic mass is 35.5. The van der Waals surface area contributed by atoms with E-state index in [-0.39, 0.29) is 34.9 Å². The van der Waals surface area contributed by atoms with E-state index < -0.39 is 46.5 Å². The van der Waals surface area contributed by atoms with Crippen molar-refractivity contribution >= 4 is 56.4 Å². The summed E-state index contributed by atoms with van der Waals surface area (Å²) in [6.45, 7) is 1.31. The van der Waals surface area contributed by atoms with Crippen LogP contribution in [0.2, 0.25) is 4.34 Å². The first kappa shape index (κ1) is 29.7. The van der Waals surface area contributed by atoms with Gasteiger partial charge in [-0.1, -0.05) is 17.7 Å². The molecule has 2 aromatic heterocycles. The Kier molecular flexibility index (Phi) is 9.26. The average molecular weight is 610 g/mol. The van der Waals surface area contributed by atoms with Gasteiger partial charge in [0.15, 0.2) is 0 Å². The van der Waals surface area contributed by atoms with Crippen molar-refractivity contribution in [3.05, 3.63) is 63.3 Å². The van der Waals surface area contributed by atoms with Gasteiger partial charge >= 0.3 is 5.97 Å². The number of carbonyl (C=O) groups is 3. The van der Waals surface area contributed by atoms with E-state index >= 15 is 0 Å². The maximum atomic E-state index is 13.5. The Labute approximate surface area is 240 Å². The monoisotopic (exact) mass is 609 g/mol. The zero-order valence-corrected chi connectivity index (χ0v) is 24.1. The van der Waals surface area contributed by atoms with E-state index in [9.17, 15) is 27.9 Å². The van der Waals surface area contributed by atoms with E-state index in [0.29, 0.717) is 22.3 Å². The maximum Gasteiger partial charge on any atom is 0.326 e. The quantitative estimate of drug-likeness (QED) is 0.275. The Balaban J connectivity index is 1.53. The van der Waals surface area contributed by atoms with Crippen LogP contribution in [0.4, 0.5) is 5.69 Å². The zero-order valence-electron chi connectivity index (χ0n) is 21.7. The van der Waals surface area contributed by atoms with Gasteiger partial charge < -0.3 is 24.6 Å². The Morgan fingerprint density at radius 2 is 2.08 bits per heavy atom. The number of amides is 2. The summed E-state index contributed by atoms with van der Waals surface area (Å²) in [5.74, 6) is -1.28. The summed E-state index contributed by atoms with van der Waals surface area (Å²) in [5, 5.41) is 12.4. The molecule has 3 aromatic rings. The molecule has 12 nitrogen and oxygen atoms in total. The van der Waals surface area contributed by atoms with Crippen molar-refractivity contribution in [1.29, 1.82) is 0 Å². The Morgan fingerprint density at radius 3 is 2.70 bits per heavy atom. The van der Waals surface area contributed by atoms with Gasteiger partial charge in [0.2, 0.25) is 10.0 Å². The second-order valence-corrected chi connectivity index (χ2v) is 12.5. The van der Waals surface area contributed by atoms with Crippen molar-refractivity contribution in [3.63, 3.8) is 0 Å². The van der Waals surface area contributed by atoms with Crippen LogP contribution in [0.3, 0.4) is 0 Å². The van der Waals surface area contributed by atoms with Gasteiger partial charge in [0.1, 0.15) is 18.0 Å². The fourth-order valence-corrected chi connectivity index (χ4v) is 6.62. The number of anilines is 1. The fourth-order valence-electron chi connectivity index (χ4n) is 4.21. The van der Waals surface area contributed by atoms with Crippen LogP contribution < -0.4 is 14.9 Å². The summed E-state index contributed by atoms with van der Waals surface area (Å²) in [6, 6.07) is 5.99. The highest BCUT2D eigenvalue weighted by molar-refractivity contribution is 7.89. The van der Waals surface area contributed by atoms with Gasteiger partial charge in [0.05, 0.1) is 20.7 Å². The number of halogens is 1. The average Bonchev–Trinajstić information content (AvgIpc) is 3.62. The fraction of sp³-hybridized carbons (Fsp3) is 0.360. The molecule has 3 N–H and O–H groups in total. The number of nitrogens with zero attached hydrogens (tertiary/aromatic N) is 3. The summed E-state index contributed by atoms with van der Waals surface area (Å²) in [5.41, 5.74) is 0.595. The van der Waals surface area contributed by atoms with Crippen molar-refractivity contribution in [1.82, 2.24) is 19.6 Å².